The molecular weight excluding hydrogens is 359 g/mol. The smallest absolute Gasteiger partial charge is 0.327 e. The van der Waals surface area contributed by atoms with E-state index in [-0.39, 0.29) is 17.5 Å². The van der Waals surface area contributed by atoms with Gasteiger partial charge in [-0.3, -0.25) is 9.59 Å². The average molecular weight is 379 g/mol. The van der Waals surface area contributed by atoms with Gasteiger partial charge in [0.1, 0.15) is 0 Å². The molecule has 0 radical (unpaired) electrons. The van der Waals surface area contributed by atoms with Gasteiger partial charge in [-0.2, -0.15) is 13.2 Å². The molecule has 5 nitrogen and oxygen atoms in total. The lowest BCUT2D eigenvalue weighted by Crippen LogP contribution is -2.34. The number of alkyl halides is 3. The van der Waals surface area contributed by atoms with Crippen LogP contribution in [0.2, 0.25) is 0 Å². The first-order valence-corrected chi connectivity index (χ1v) is 8.23. The van der Waals surface area contributed by atoms with Crippen LogP contribution in [0.1, 0.15) is 29.8 Å². The second-order valence-electron chi connectivity index (χ2n) is 6.25. The number of carbonyl (C=O) groups is 2. The predicted octanol–water partition coefficient (Wildman–Crippen LogP) is 3.88. The molecule has 27 heavy (non-hydrogen) atoms. The molecule has 0 bridgehead atoms. The fraction of sp³-hybridized carbons (Fsp3) is 0.263. The van der Waals surface area contributed by atoms with Gasteiger partial charge in [-0.1, -0.05) is 19.1 Å². The van der Waals surface area contributed by atoms with E-state index in [1.807, 2.05) is 0 Å². The maximum absolute atomic E-state index is 12.8. The quantitative estimate of drug-likeness (QED) is 0.737. The fourth-order valence-electron chi connectivity index (χ4n) is 2.21. The van der Waals surface area contributed by atoms with Crippen molar-refractivity contribution in [2.75, 3.05) is 10.6 Å². The molecule has 0 aliphatic rings. The van der Waals surface area contributed by atoms with Crippen molar-refractivity contribution < 1.29 is 22.8 Å². The molecule has 0 saturated carbocycles. The van der Waals surface area contributed by atoms with Crippen LogP contribution in [0.15, 0.2) is 48.5 Å². The number of rotatable bonds is 5. The van der Waals surface area contributed by atoms with Crippen molar-refractivity contribution >= 4 is 23.2 Å². The van der Waals surface area contributed by atoms with E-state index < -0.39 is 23.6 Å². The van der Waals surface area contributed by atoms with E-state index >= 15 is 0 Å². The maximum atomic E-state index is 12.8. The number of benzene rings is 2. The zero-order valence-corrected chi connectivity index (χ0v) is 14.8. The number of carbonyl (C=O) groups excluding carboxylic acids is 2. The molecule has 0 aromatic heterocycles. The Morgan fingerprint density at radius 1 is 0.963 bits per heavy atom. The van der Waals surface area contributed by atoms with E-state index in [4.69, 9.17) is 5.73 Å². The SMILES string of the molecule is CC(N)C(C)C(=O)Nc1cccc(NC(=O)c2cccc(C(F)(F)F)c2)c1. The first-order valence-electron chi connectivity index (χ1n) is 8.23. The molecule has 0 aliphatic heterocycles. The maximum Gasteiger partial charge on any atom is 0.416 e. The summed E-state index contributed by atoms with van der Waals surface area (Å²) in [6, 6.07) is 10.1. The average Bonchev–Trinajstić information content (AvgIpc) is 2.60. The Morgan fingerprint density at radius 3 is 2.15 bits per heavy atom. The second kappa shape index (κ2) is 8.22. The second-order valence-corrected chi connectivity index (χ2v) is 6.25. The van der Waals surface area contributed by atoms with Crippen LogP contribution in [0.4, 0.5) is 24.5 Å². The molecule has 8 heteroatoms. The van der Waals surface area contributed by atoms with E-state index in [1.165, 1.54) is 18.2 Å². The lowest BCUT2D eigenvalue weighted by atomic mass is 10.0. The highest BCUT2D eigenvalue weighted by molar-refractivity contribution is 6.04. The first kappa shape index (κ1) is 20.4. The third kappa shape index (κ3) is 5.55. The number of nitrogens with one attached hydrogen (secondary N) is 2. The minimum absolute atomic E-state index is 0.121. The van der Waals surface area contributed by atoms with Crippen LogP contribution >= 0.6 is 0 Å². The Kier molecular flexibility index (Phi) is 6.22. The summed E-state index contributed by atoms with van der Waals surface area (Å²) in [5.74, 6) is -1.37. The molecule has 0 spiro atoms. The summed E-state index contributed by atoms with van der Waals surface area (Å²) >= 11 is 0. The van der Waals surface area contributed by atoms with Crippen LogP contribution in [0.25, 0.3) is 0 Å². The molecule has 2 amide bonds. The zero-order chi connectivity index (χ0) is 20.2. The van der Waals surface area contributed by atoms with Crippen LogP contribution in [-0.4, -0.2) is 17.9 Å². The summed E-state index contributed by atoms with van der Waals surface area (Å²) in [5.41, 5.74) is 5.45. The Balaban J connectivity index is 2.12. The molecule has 144 valence electrons. The van der Waals surface area contributed by atoms with Gasteiger partial charge >= 0.3 is 6.18 Å². The third-order valence-corrected chi connectivity index (χ3v) is 4.04. The molecular formula is C19H20F3N3O2. The van der Waals surface area contributed by atoms with Crippen LogP contribution in [0, 0.1) is 5.92 Å². The van der Waals surface area contributed by atoms with Gasteiger partial charge in [0.25, 0.3) is 5.91 Å². The first-order chi connectivity index (χ1) is 12.6. The summed E-state index contributed by atoms with van der Waals surface area (Å²) < 4.78 is 38.3. The number of hydrogen-bond acceptors (Lipinski definition) is 3. The van der Waals surface area contributed by atoms with Gasteiger partial charge in [-0.25, -0.2) is 0 Å². The van der Waals surface area contributed by atoms with Crippen LogP contribution in [0.3, 0.4) is 0 Å². The Hall–Kier alpha value is -2.87. The van der Waals surface area contributed by atoms with Gasteiger partial charge in [-0.05, 0) is 43.3 Å². The summed E-state index contributed by atoms with van der Waals surface area (Å²) in [5, 5.41) is 5.21. The van der Waals surface area contributed by atoms with Gasteiger partial charge in [0.15, 0.2) is 0 Å². The molecule has 2 rings (SSSR count). The topological polar surface area (TPSA) is 84.2 Å². The van der Waals surface area contributed by atoms with E-state index in [9.17, 15) is 22.8 Å². The molecule has 2 aromatic carbocycles. The molecule has 4 N–H and O–H groups in total. The van der Waals surface area contributed by atoms with Crippen LogP contribution in [0.5, 0.6) is 0 Å². The minimum Gasteiger partial charge on any atom is -0.327 e. The molecule has 0 heterocycles. The Bertz CT molecular complexity index is 835. The van der Waals surface area contributed by atoms with Crippen molar-refractivity contribution in [3.05, 3.63) is 59.7 Å². The monoisotopic (exact) mass is 379 g/mol. The van der Waals surface area contributed by atoms with E-state index in [2.05, 4.69) is 10.6 Å². The van der Waals surface area contributed by atoms with E-state index in [1.54, 1.807) is 32.0 Å². The van der Waals surface area contributed by atoms with Crippen LogP contribution < -0.4 is 16.4 Å². The zero-order valence-electron chi connectivity index (χ0n) is 14.8. The van der Waals surface area contributed by atoms with Crippen molar-refractivity contribution in [3.8, 4) is 0 Å². The molecule has 0 saturated heterocycles. The highest BCUT2D eigenvalue weighted by atomic mass is 19.4. The lowest BCUT2D eigenvalue weighted by molar-refractivity contribution is -0.137. The standard InChI is InChI=1S/C19H20F3N3O2/c1-11(12(2)23)17(26)24-15-7-4-8-16(10-15)25-18(27)13-5-3-6-14(9-13)19(20,21)22/h3-12H,23H2,1-2H3,(H,24,26)(H,25,27). The summed E-state index contributed by atoms with van der Waals surface area (Å²) in [4.78, 5) is 24.3. The molecule has 2 aromatic rings. The van der Waals surface area contributed by atoms with Gasteiger partial charge in [0.2, 0.25) is 5.91 Å². The van der Waals surface area contributed by atoms with Gasteiger partial charge < -0.3 is 16.4 Å². The molecule has 0 fully saturated rings. The number of anilines is 2. The van der Waals surface area contributed by atoms with Crippen molar-refractivity contribution in [2.24, 2.45) is 11.7 Å². The van der Waals surface area contributed by atoms with Crippen molar-refractivity contribution in [1.29, 1.82) is 0 Å². The highest BCUT2D eigenvalue weighted by Gasteiger charge is 2.30. The Labute approximate surface area is 154 Å². The fourth-order valence-corrected chi connectivity index (χ4v) is 2.21. The summed E-state index contributed by atoms with van der Waals surface area (Å²) in [6.45, 7) is 3.41. The van der Waals surface area contributed by atoms with Gasteiger partial charge in [0, 0.05) is 23.0 Å². The van der Waals surface area contributed by atoms with E-state index in [0.29, 0.717) is 11.4 Å². The van der Waals surface area contributed by atoms with Gasteiger partial charge in [0.05, 0.1) is 11.5 Å². The molecule has 2 atom stereocenters. The highest BCUT2D eigenvalue weighted by Crippen LogP contribution is 2.29. The third-order valence-electron chi connectivity index (χ3n) is 4.04. The Morgan fingerprint density at radius 2 is 1.56 bits per heavy atom. The number of amides is 2. The van der Waals surface area contributed by atoms with E-state index in [0.717, 1.165) is 12.1 Å². The lowest BCUT2D eigenvalue weighted by Gasteiger charge is -2.16. The van der Waals surface area contributed by atoms with Crippen LogP contribution in [-0.2, 0) is 11.0 Å². The largest absolute Gasteiger partial charge is 0.416 e. The summed E-state index contributed by atoms with van der Waals surface area (Å²) in [7, 11) is 0. The van der Waals surface area contributed by atoms with Crippen molar-refractivity contribution in [2.45, 2.75) is 26.1 Å². The minimum atomic E-state index is -4.53. The van der Waals surface area contributed by atoms with Crippen molar-refractivity contribution in [1.82, 2.24) is 0 Å². The normalized spacial score (nSPS) is 13.6. The number of nitrogens with two attached hydrogens (primary N) is 1. The predicted molar refractivity (Wildman–Crippen MR) is 97.3 cm³/mol. The number of halogens is 3. The summed E-state index contributed by atoms with van der Waals surface area (Å²) in [6.07, 6.45) is -4.53. The molecule has 2 unspecified atom stereocenters. The molecule has 0 aliphatic carbocycles. The van der Waals surface area contributed by atoms with Gasteiger partial charge in [-0.15, -0.1) is 0 Å². The number of hydrogen-bond donors (Lipinski definition) is 3. The van der Waals surface area contributed by atoms with Crippen molar-refractivity contribution in [3.63, 3.8) is 0 Å².